The van der Waals surface area contributed by atoms with Crippen LogP contribution in [0.4, 0.5) is 0 Å². The number of benzene rings is 2. The lowest BCUT2D eigenvalue weighted by atomic mass is 10.1. The van der Waals surface area contributed by atoms with Crippen LogP contribution >= 0.6 is 23.4 Å². The molecule has 0 N–H and O–H groups in total. The Morgan fingerprint density at radius 2 is 1.88 bits per heavy atom. The summed E-state index contributed by atoms with van der Waals surface area (Å²) in [6.45, 7) is 1.71. The molecule has 0 bridgehead atoms. The molecule has 0 unspecified atom stereocenters. The van der Waals surface area contributed by atoms with Crippen molar-refractivity contribution in [1.82, 2.24) is 0 Å². The van der Waals surface area contributed by atoms with Crippen molar-refractivity contribution >= 4 is 44.2 Å². The van der Waals surface area contributed by atoms with E-state index in [1.807, 2.05) is 0 Å². The second-order valence-electron chi connectivity index (χ2n) is 5.08. The molecule has 0 aliphatic carbocycles. The SMILES string of the molecule is COc1ccc(C(=O)C2=NS(=O)(=O)c3cc(C)c(Cl)cc3S2)cc1. The Labute approximate surface area is 148 Å². The maximum absolute atomic E-state index is 12.6. The molecule has 0 saturated carbocycles. The number of ether oxygens (including phenoxy) is 1. The molecule has 0 aromatic heterocycles. The lowest BCUT2D eigenvalue weighted by Crippen LogP contribution is -2.18. The van der Waals surface area contributed by atoms with Gasteiger partial charge >= 0.3 is 0 Å². The highest BCUT2D eigenvalue weighted by atomic mass is 35.5. The topological polar surface area (TPSA) is 72.8 Å². The second kappa shape index (κ2) is 6.23. The van der Waals surface area contributed by atoms with E-state index in [1.165, 1.54) is 13.2 Å². The minimum absolute atomic E-state index is 0.0701. The van der Waals surface area contributed by atoms with Crippen molar-refractivity contribution < 1.29 is 17.9 Å². The fourth-order valence-electron chi connectivity index (χ4n) is 2.15. The van der Waals surface area contributed by atoms with Crippen molar-refractivity contribution in [3.63, 3.8) is 0 Å². The van der Waals surface area contributed by atoms with Gasteiger partial charge in [-0.25, -0.2) is 0 Å². The van der Waals surface area contributed by atoms with E-state index >= 15 is 0 Å². The molecule has 0 atom stereocenters. The summed E-state index contributed by atoms with van der Waals surface area (Å²) in [5.41, 5.74) is 0.971. The molecule has 2 aromatic carbocycles. The van der Waals surface area contributed by atoms with E-state index in [2.05, 4.69) is 4.40 Å². The Kier molecular flexibility index (Phi) is 4.42. The number of sulfonamides is 1. The maximum atomic E-state index is 12.6. The molecule has 5 nitrogen and oxygen atoms in total. The fraction of sp³-hybridized carbons (Fsp3) is 0.125. The van der Waals surface area contributed by atoms with Gasteiger partial charge in [0.1, 0.15) is 10.6 Å². The number of hydrogen-bond donors (Lipinski definition) is 0. The number of halogens is 1. The second-order valence-corrected chi connectivity index (χ2v) is 8.09. The molecule has 1 aliphatic heterocycles. The van der Waals surface area contributed by atoms with Crippen LogP contribution in [0.25, 0.3) is 0 Å². The minimum atomic E-state index is -3.93. The zero-order valence-corrected chi connectivity index (χ0v) is 15.1. The van der Waals surface area contributed by atoms with Gasteiger partial charge in [-0.3, -0.25) is 4.79 Å². The van der Waals surface area contributed by atoms with Gasteiger partial charge in [0.15, 0.2) is 5.04 Å². The number of carbonyl (C=O) groups is 1. The van der Waals surface area contributed by atoms with Gasteiger partial charge in [0.25, 0.3) is 10.0 Å². The van der Waals surface area contributed by atoms with Crippen LogP contribution in [-0.4, -0.2) is 26.4 Å². The molecule has 0 spiro atoms. The van der Waals surface area contributed by atoms with E-state index in [4.69, 9.17) is 16.3 Å². The molecule has 1 heterocycles. The predicted molar refractivity (Wildman–Crippen MR) is 94.0 cm³/mol. The average molecular weight is 382 g/mol. The molecule has 0 radical (unpaired) electrons. The predicted octanol–water partition coefficient (Wildman–Crippen LogP) is 3.73. The molecule has 8 heteroatoms. The number of Topliss-reactive ketones (excluding diaryl/α,β-unsaturated/α-hetero) is 1. The van der Waals surface area contributed by atoms with E-state index < -0.39 is 15.8 Å². The Morgan fingerprint density at radius 1 is 1.21 bits per heavy atom. The summed E-state index contributed by atoms with van der Waals surface area (Å²) in [7, 11) is -2.41. The Bertz CT molecular complexity index is 966. The fourth-order valence-corrected chi connectivity index (χ4v) is 5.06. The molecular weight excluding hydrogens is 370 g/mol. The first-order valence-corrected chi connectivity index (χ1v) is 9.47. The Balaban J connectivity index is 2.02. The zero-order chi connectivity index (χ0) is 17.5. The van der Waals surface area contributed by atoms with E-state index in [-0.39, 0.29) is 9.94 Å². The van der Waals surface area contributed by atoms with Crippen molar-refractivity contribution in [2.24, 2.45) is 4.40 Å². The van der Waals surface area contributed by atoms with Gasteiger partial charge in [0.05, 0.1) is 7.11 Å². The summed E-state index contributed by atoms with van der Waals surface area (Å²) >= 11 is 7.07. The summed E-state index contributed by atoms with van der Waals surface area (Å²) in [6, 6.07) is 9.40. The molecule has 3 rings (SSSR count). The van der Waals surface area contributed by atoms with Crippen molar-refractivity contribution in [2.75, 3.05) is 7.11 Å². The Morgan fingerprint density at radius 3 is 2.50 bits per heavy atom. The van der Waals surface area contributed by atoms with Gasteiger partial charge in [0.2, 0.25) is 5.78 Å². The Hall–Kier alpha value is -1.83. The number of thioether (sulfide) groups is 1. The van der Waals surface area contributed by atoms with Gasteiger partial charge in [-0.1, -0.05) is 23.4 Å². The molecule has 1 aliphatic rings. The minimum Gasteiger partial charge on any atom is -0.497 e. The third-order valence-electron chi connectivity index (χ3n) is 3.46. The van der Waals surface area contributed by atoms with Gasteiger partial charge < -0.3 is 4.74 Å². The molecule has 0 fully saturated rings. The highest BCUT2D eigenvalue weighted by Gasteiger charge is 2.30. The van der Waals surface area contributed by atoms with Gasteiger partial charge in [0, 0.05) is 15.5 Å². The van der Waals surface area contributed by atoms with E-state index in [0.717, 1.165) is 11.8 Å². The van der Waals surface area contributed by atoms with Crippen molar-refractivity contribution in [2.45, 2.75) is 16.7 Å². The van der Waals surface area contributed by atoms with Gasteiger partial charge in [-0.05, 0) is 48.9 Å². The number of rotatable bonds is 3. The van der Waals surface area contributed by atoms with Crippen molar-refractivity contribution in [3.8, 4) is 5.75 Å². The maximum Gasteiger partial charge on any atom is 0.284 e. The van der Waals surface area contributed by atoms with Crippen molar-refractivity contribution in [1.29, 1.82) is 0 Å². The van der Waals surface area contributed by atoms with Crippen LogP contribution in [-0.2, 0) is 10.0 Å². The molecule has 124 valence electrons. The van der Waals surface area contributed by atoms with Crippen LogP contribution in [0.5, 0.6) is 5.75 Å². The standard InChI is InChI=1S/C16H12ClNO4S2/c1-9-7-14-13(8-12(9)17)23-16(18-24(14,20)21)15(19)10-3-5-11(22-2)6-4-10/h3-8H,1-2H3. The summed E-state index contributed by atoms with van der Waals surface area (Å²) in [5, 5.41) is 0.335. The lowest BCUT2D eigenvalue weighted by molar-refractivity contribution is 0.106. The smallest absolute Gasteiger partial charge is 0.284 e. The number of fused-ring (bicyclic) bond motifs is 1. The van der Waals surface area contributed by atoms with Crippen LogP contribution < -0.4 is 4.74 Å². The quantitative estimate of drug-likeness (QED) is 0.757. The van der Waals surface area contributed by atoms with E-state index in [1.54, 1.807) is 37.3 Å². The van der Waals surface area contributed by atoms with Crippen LogP contribution in [0.1, 0.15) is 15.9 Å². The zero-order valence-electron chi connectivity index (χ0n) is 12.7. The first-order valence-electron chi connectivity index (χ1n) is 6.83. The van der Waals surface area contributed by atoms with Crippen LogP contribution in [0, 0.1) is 6.92 Å². The van der Waals surface area contributed by atoms with Crippen LogP contribution in [0.15, 0.2) is 50.6 Å². The number of hydrogen-bond acceptors (Lipinski definition) is 5. The first-order chi connectivity index (χ1) is 11.3. The van der Waals surface area contributed by atoms with Crippen LogP contribution in [0.2, 0.25) is 5.02 Å². The average Bonchev–Trinajstić information content (AvgIpc) is 2.55. The van der Waals surface area contributed by atoms with E-state index in [0.29, 0.717) is 26.8 Å². The third kappa shape index (κ3) is 3.07. The largest absolute Gasteiger partial charge is 0.497 e. The summed E-state index contributed by atoms with van der Waals surface area (Å²) in [6.07, 6.45) is 0. The molecule has 24 heavy (non-hydrogen) atoms. The first kappa shape index (κ1) is 17.0. The van der Waals surface area contributed by atoms with Crippen LogP contribution in [0.3, 0.4) is 0 Å². The normalized spacial score (nSPS) is 15.4. The molecule has 0 amide bonds. The molecule has 0 saturated heterocycles. The number of nitrogens with zero attached hydrogens (tertiary/aromatic N) is 1. The summed E-state index contributed by atoms with van der Waals surface area (Å²) in [4.78, 5) is 13.0. The number of methoxy groups -OCH3 is 1. The third-order valence-corrected chi connectivity index (χ3v) is 6.46. The summed E-state index contributed by atoms with van der Waals surface area (Å²) in [5.74, 6) is 0.138. The number of carbonyl (C=O) groups excluding carboxylic acids is 1. The molecular formula is C16H12ClNO4S2. The molecule has 2 aromatic rings. The van der Waals surface area contributed by atoms with Crippen molar-refractivity contribution in [3.05, 3.63) is 52.5 Å². The highest BCUT2D eigenvalue weighted by Crippen LogP contribution is 2.38. The van der Waals surface area contributed by atoms with E-state index in [9.17, 15) is 13.2 Å². The monoisotopic (exact) mass is 381 g/mol. The highest BCUT2D eigenvalue weighted by molar-refractivity contribution is 8.17. The number of aryl methyl sites for hydroxylation is 1. The van der Waals surface area contributed by atoms with Gasteiger partial charge in [-0.15, -0.1) is 4.40 Å². The van der Waals surface area contributed by atoms with Gasteiger partial charge in [-0.2, -0.15) is 8.42 Å². The lowest BCUT2D eigenvalue weighted by Gasteiger charge is -2.16. The number of ketones is 1. The summed E-state index contributed by atoms with van der Waals surface area (Å²) < 4.78 is 33.4.